The van der Waals surface area contributed by atoms with Crippen molar-refractivity contribution < 1.29 is 13.2 Å². The topological polar surface area (TPSA) is 113 Å². The van der Waals surface area contributed by atoms with E-state index in [0.29, 0.717) is 62.8 Å². The first kappa shape index (κ1) is 20.8. The van der Waals surface area contributed by atoms with Gasteiger partial charge < -0.3 is 9.88 Å². The Hall–Kier alpha value is -2.46. The highest BCUT2D eigenvalue weighted by Crippen LogP contribution is 2.26. The number of likely N-dealkylation sites (tertiary alicyclic amines) is 1. The zero-order valence-corrected chi connectivity index (χ0v) is 17.7. The Labute approximate surface area is 174 Å². The Morgan fingerprint density at radius 1 is 1.00 bits per heavy atom. The molecule has 1 amide bonds. The minimum atomic E-state index is -3.22. The first-order valence-electron chi connectivity index (χ1n) is 10.2. The number of nitrogens with zero attached hydrogens (tertiary/aromatic N) is 3. The largest absolute Gasteiger partial charge is 0.342 e. The Morgan fingerprint density at radius 3 is 2.27 bits per heavy atom. The summed E-state index contributed by atoms with van der Waals surface area (Å²) in [6.45, 7) is 1.70. The predicted molar refractivity (Wildman–Crippen MR) is 113 cm³/mol. The van der Waals surface area contributed by atoms with E-state index < -0.39 is 15.7 Å². The van der Waals surface area contributed by atoms with Crippen LogP contribution < -0.4 is 11.2 Å². The maximum Gasteiger partial charge on any atom is 0.329 e. The number of H-pyrrole nitrogens is 1. The summed E-state index contributed by atoms with van der Waals surface area (Å²) in [7, 11) is -3.22. The molecule has 0 bridgehead atoms. The smallest absolute Gasteiger partial charge is 0.329 e. The lowest BCUT2D eigenvalue weighted by molar-refractivity contribution is -0.138. The number of para-hydroxylation sites is 1. The van der Waals surface area contributed by atoms with Crippen LogP contribution in [0.3, 0.4) is 0 Å². The first-order chi connectivity index (χ1) is 14.3. The van der Waals surface area contributed by atoms with E-state index >= 15 is 0 Å². The van der Waals surface area contributed by atoms with E-state index in [1.165, 1.54) is 15.1 Å². The highest BCUT2D eigenvalue weighted by molar-refractivity contribution is 7.88. The van der Waals surface area contributed by atoms with Gasteiger partial charge in [0.25, 0.3) is 5.56 Å². The highest BCUT2D eigenvalue weighted by atomic mass is 32.2. The van der Waals surface area contributed by atoms with E-state index in [-0.39, 0.29) is 23.4 Å². The number of fused-ring (bicyclic) bond motifs is 1. The van der Waals surface area contributed by atoms with Crippen molar-refractivity contribution in [2.24, 2.45) is 5.92 Å². The minimum Gasteiger partial charge on any atom is -0.342 e. The molecule has 30 heavy (non-hydrogen) atoms. The quantitative estimate of drug-likeness (QED) is 0.757. The van der Waals surface area contributed by atoms with Crippen LogP contribution in [0.1, 0.15) is 31.7 Å². The van der Waals surface area contributed by atoms with Crippen molar-refractivity contribution in [1.82, 2.24) is 18.8 Å². The molecule has 2 aliphatic heterocycles. The standard InChI is InChI=1S/C20H26N4O5S/c1-30(28,29)23-12-6-14(7-13-23)18(25)22-10-8-15(9-11-22)24-19(26)16-4-2-3-5-17(16)21-20(24)27/h2-5,14-15H,6-13H2,1H3,(H,21,27). The molecule has 2 aromatic rings. The van der Waals surface area contributed by atoms with Crippen molar-refractivity contribution in [2.45, 2.75) is 31.7 Å². The number of aromatic amines is 1. The van der Waals surface area contributed by atoms with Gasteiger partial charge in [0.15, 0.2) is 0 Å². The second kappa shape index (κ2) is 7.99. The second-order valence-corrected chi connectivity index (χ2v) is 10.1. The van der Waals surface area contributed by atoms with E-state index in [1.807, 2.05) is 0 Å². The van der Waals surface area contributed by atoms with Crippen molar-refractivity contribution in [3.8, 4) is 0 Å². The summed E-state index contributed by atoms with van der Waals surface area (Å²) in [4.78, 5) is 42.8. The average Bonchev–Trinajstić information content (AvgIpc) is 2.73. The fraction of sp³-hybridized carbons (Fsp3) is 0.550. The lowest BCUT2D eigenvalue weighted by Gasteiger charge is -2.37. The number of sulfonamides is 1. The van der Waals surface area contributed by atoms with Gasteiger partial charge in [-0.25, -0.2) is 17.5 Å². The van der Waals surface area contributed by atoms with Gasteiger partial charge in [-0.05, 0) is 37.8 Å². The van der Waals surface area contributed by atoms with Gasteiger partial charge in [0, 0.05) is 38.1 Å². The van der Waals surface area contributed by atoms with Crippen LogP contribution in [0.25, 0.3) is 10.9 Å². The summed E-state index contributed by atoms with van der Waals surface area (Å²) in [6.07, 6.45) is 3.31. The molecule has 9 nitrogen and oxygen atoms in total. The van der Waals surface area contributed by atoms with Gasteiger partial charge in [0.2, 0.25) is 15.9 Å². The maximum absolute atomic E-state index is 12.9. The van der Waals surface area contributed by atoms with Crippen molar-refractivity contribution in [3.63, 3.8) is 0 Å². The Kier molecular flexibility index (Phi) is 5.54. The van der Waals surface area contributed by atoms with Gasteiger partial charge in [0.1, 0.15) is 0 Å². The van der Waals surface area contributed by atoms with Gasteiger partial charge in [-0.2, -0.15) is 0 Å². The molecule has 2 saturated heterocycles. The number of aromatic nitrogens is 2. The third kappa shape index (κ3) is 3.93. The average molecular weight is 435 g/mol. The number of piperidine rings is 2. The molecule has 0 spiro atoms. The summed E-state index contributed by atoms with van der Waals surface area (Å²) in [5.74, 6) is -0.132. The lowest BCUT2D eigenvalue weighted by Crippen LogP contribution is -2.48. The van der Waals surface area contributed by atoms with Gasteiger partial charge in [-0.1, -0.05) is 12.1 Å². The summed E-state index contributed by atoms with van der Waals surface area (Å²) in [5.41, 5.74) is -0.194. The number of carbonyl (C=O) groups is 1. The first-order valence-corrected chi connectivity index (χ1v) is 12.1. The van der Waals surface area contributed by atoms with Crippen molar-refractivity contribution in [1.29, 1.82) is 0 Å². The van der Waals surface area contributed by atoms with Crippen LogP contribution in [0.5, 0.6) is 0 Å². The van der Waals surface area contributed by atoms with Crippen LogP contribution in [-0.4, -0.2) is 65.5 Å². The summed E-state index contributed by atoms with van der Waals surface area (Å²) < 4.78 is 26.0. The Bertz CT molecular complexity index is 1170. The number of amides is 1. The second-order valence-electron chi connectivity index (χ2n) is 8.14. The van der Waals surface area contributed by atoms with Crippen LogP contribution in [0.2, 0.25) is 0 Å². The van der Waals surface area contributed by atoms with Crippen LogP contribution in [0, 0.1) is 5.92 Å². The third-order valence-electron chi connectivity index (χ3n) is 6.25. The number of hydrogen-bond acceptors (Lipinski definition) is 5. The van der Waals surface area contributed by atoms with Crippen LogP contribution in [-0.2, 0) is 14.8 Å². The molecular weight excluding hydrogens is 408 g/mol. The van der Waals surface area contributed by atoms with Crippen LogP contribution >= 0.6 is 0 Å². The van der Waals surface area contributed by atoms with E-state index in [4.69, 9.17) is 0 Å². The summed E-state index contributed by atoms with van der Waals surface area (Å²) in [6, 6.07) is 6.70. The maximum atomic E-state index is 12.9. The monoisotopic (exact) mass is 434 g/mol. The SMILES string of the molecule is CS(=O)(=O)N1CCC(C(=O)N2CCC(n3c(=O)[nH]c4ccccc4c3=O)CC2)CC1. The molecule has 10 heteroatoms. The zero-order chi connectivity index (χ0) is 21.5. The number of benzene rings is 1. The fourth-order valence-electron chi connectivity index (χ4n) is 4.54. The number of carbonyl (C=O) groups excluding carboxylic acids is 1. The molecule has 1 aromatic carbocycles. The molecule has 0 atom stereocenters. The molecule has 162 valence electrons. The van der Waals surface area contributed by atoms with Gasteiger partial charge in [-0.15, -0.1) is 0 Å². The van der Waals surface area contributed by atoms with Gasteiger partial charge in [-0.3, -0.25) is 14.2 Å². The summed E-state index contributed by atoms with van der Waals surface area (Å²) >= 11 is 0. The number of hydrogen-bond donors (Lipinski definition) is 1. The fourth-order valence-corrected chi connectivity index (χ4v) is 5.42. The molecule has 2 fully saturated rings. The van der Waals surface area contributed by atoms with Crippen LogP contribution in [0.4, 0.5) is 0 Å². The van der Waals surface area contributed by atoms with E-state index in [1.54, 1.807) is 29.2 Å². The molecule has 0 saturated carbocycles. The Morgan fingerprint density at radius 2 is 1.63 bits per heavy atom. The molecular formula is C20H26N4O5S. The van der Waals surface area contributed by atoms with Gasteiger partial charge >= 0.3 is 5.69 Å². The van der Waals surface area contributed by atoms with Gasteiger partial charge in [0.05, 0.1) is 17.2 Å². The molecule has 1 N–H and O–H groups in total. The summed E-state index contributed by atoms with van der Waals surface area (Å²) in [5, 5.41) is 0.480. The van der Waals surface area contributed by atoms with Crippen molar-refractivity contribution in [3.05, 3.63) is 45.1 Å². The van der Waals surface area contributed by atoms with E-state index in [9.17, 15) is 22.8 Å². The molecule has 3 heterocycles. The molecule has 2 aliphatic rings. The lowest BCUT2D eigenvalue weighted by atomic mass is 9.94. The molecule has 0 unspecified atom stereocenters. The minimum absolute atomic E-state index is 0.0429. The normalized spacial score (nSPS) is 20.0. The van der Waals surface area contributed by atoms with Crippen molar-refractivity contribution >= 4 is 26.8 Å². The molecule has 0 radical (unpaired) electrons. The highest BCUT2D eigenvalue weighted by Gasteiger charge is 2.33. The number of rotatable bonds is 3. The van der Waals surface area contributed by atoms with Crippen LogP contribution in [0.15, 0.2) is 33.9 Å². The number of nitrogens with one attached hydrogen (secondary N) is 1. The third-order valence-corrected chi connectivity index (χ3v) is 7.55. The molecule has 4 rings (SSSR count). The van der Waals surface area contributed by atoms with E-state index in [2.05, 4.69) is 4.98 Å². The molecule has 0 aliphatic carbocycles. The Balaban J connectivity index is 1.42. The molecule has 1 aromatic heterocycles. The van der Waals surface area contributed by atoms with E-state index in [0.717, 1.165) is 0 Å². The zero-order valence-electron chi connectivity index (χ0n) is 16.9. The predicted octanol–water partition coefficient (Wildman–Crippen LogP) is 0.525. The van der Waals surface area contributed by atoms with Crippen molar-refractivity contribution in [2.75, 3.05) is 32.4 Å².